The van der Waals surface area contributed by atoms with Crippen molar-refractivity contribution in [2.75, 3.05) is 18.5 Å². The molecule has 0 aromatic rings. The molecule has 0 N–H and O–H groups in total. The molecule has 0 radical (unpaired) electrons. The minimum Gasteiger partial charge on any atom is -0.106 e. The van der Waals surface area contributed by atoms with Crippen molar-refractivity contribution in [3.05, 3.63) is 0 Å². The van der Waals surface area contributed by atoms with Gasteiger partial charge in [0.1, 0.15) is 0 Å². The molecule has 116 valence electrons. The SMILES string of the molecule is CCCCCCP(CC(C)C(C)C)CC(C)C(C)C. The molecule has 0 saturated heterocycles. The first-order chi connectivity index (χ1) is 8.88. The lowest BCUT2D eigenvalue weighted by molar-refractivity contribution is 0.449. The van der Waals surface area contributed by atoms with E-state index in [2.05, 4.69) is 48.5 Å². The van der Waals surface area contributed by atoms with E-state index in [9.17, 15) is 0 Å². The van der Waals surface area contributed by atoms with E-state index in [-0.39, 0.29) is 7.92 Å². The third-order valence-corrected chi connectivity index (χ3v) is 7.83. The molecule has 0 rings (SSSR count). The Kier molecular flexibility index (Phi) is 11.4. The van der Waals surface area contributed by atoms with E-state index in [4.69, 9.17) is 0 Å². The fourth-order valence-electron chi connectivity index (χ4n) is 2.26. The molecule has 2 unspecified atom stereocenters. The second-order valence-corrected chi connectivity index (χ2v) is 9.78. The van der Waals surface area contributed by atoms with Crippen LogP contribution in [0.4, 0.5) is 0 Å². The molecule has 0 aromatic heterocycles. The topological polar surface area (TPSA) is 0 Å². The maximum atomic E-state index is 2.46. The molecule has 0 aliphatic heterocycles. The van der Waals surface area contributed by atoms with E-state index in [1.807, 2.05) is 0 Å². The Hall–Kier alpha value is 0.430. The Bertz CT molecular complexity index is 182. The van der Waals surface area contributed by atoms with Crippen LogP contribution in [-0.2, 0) is 0 Å². The van der Waals surface area contributed by atoms with Gasteiger partial charge >= 0.3 is 0 Å². The van der Waals surface area contributed by atoms with Gasteiger partial charge in [-0.05, 0) is 48.6 Å². The van der Waals surface area contributed by atoms with Crippen LogP contribution in [0.3, 0.4) is 0 Å². The minimum absolute atomic E-state index is 0.279. The standard InChI is InChI=1S/C18H39P/c1-8-9-10-11-12-19(13-17(6)15(2)3)14-18(7)16(4)5/h15-18H,8-14H2,1-7H3. The van der Waals surface area contributed by atoms with Gasteiger partial charge in [-0.15, -0.1) is 7.92 Å². The summed E-state index contributed by atoms with van der Waals surface area (Å²) >= 11 is 0. The molecule has 0 nitrogen and oxygen atoms in total. The minimum atomic E-state index is 0.279. The Morgan fingerprint density at radius 1 is 0.684 bits per heavy atom. The van der Waals surface area contributed by atoms with Gasteiger partial charge in [-0.3, -0.25) is 0 Å². The molecule has 0 bridgehead atoms. The molecule has 0 aliphatic carbocycles. The summed E-state index contributed by atoms with van der Waals surface area (Å²) in [5, 5.41) is 0. The number of rotatable bonds is 11. The maximum Gasteiger partial charge on any atom is -0.0297 e. The normalized spacial score (nSPS) is 16.9. The molecule has 0 heterocycles. The van der Waals surface area contributed by atoms with Crippen molar-refractivity contribution in [3.63, 3.8) is 0 Å². The summed E-state index contributed by atoms with van der Waals surface area (Å²) in [6.07, 6.45) is 10.3. The highest BCUT2D eigenvalue weighted by Crippen LogP contribution is 2.43. The van der Waals surface area contributed by atoms with E-state index in [0.717, 1.165) is 23.7 Å². The lowest BCUT2D eigenvalue weighted by Gasteiger charge is -2.28. The number of hydrogen-bond acceptors (Lipinski definition) is 0. The summed E-state index contributed by atoms with van der Waals surface area (Å²) < 4.78 is 0. The lowest BCUT2D eigenvalue weighted by atomic mass is 10.0. The number of hydrogen-bond donors (Lipinski definition) is 0. The molecule has 0 fully saturated rings. The highest BCUT2D eigenvalue weighted by Gasteiger charge is 2.18. The van der Waals surface area contributed by atoms with Crippen LogP contribution in [0.5, 0.6) is 0 Å². The van der Waals surface area contributed by atoms with Crippen molar-refractivity contribution < 1.29 is 0 Å². The first-order valence-corrected chi connectivity index (χ1v) is 10.5. The van der Waals surface area contributed by atoms with Crippen molar-refractivity contribution in [2.45, 2.75) is 74.1 Å². The van der Waals surface area contributed by atoms with Gasteiger partial charge in [0.25, 0.3) is 0 Å². The summed E-state index contributed by atoms with van der Waals surface area (Å²) in [6.45, 7) is 16.8. The average Bonchev–Trinajstić information content (AvgIpc) is 2.33. The zero-order chi connectivity index (χ0) is 14.8. The van der Waals surface area contributed by atoms with Crippen molar-refractivity contribution in [1.29, 1.82) is 0 Å². The van der Waals surface area contributed by atoms with Gasteiger partial charge in [-0.25, -0.2) is 0 Å². The molecule has 0 aromatic carbocycles. The van der Waals surface area contributed by atoms with Gasteiger partial charge in [0.15, 0.2) is 0 Å². The average molecular weight is 286 g/mol. The van der Waals surface area contributed by atoms with Crippen molar-refractivity contribution in [1.82, 2.24) is 0 Å². The largest absolute Gasteiger partial charge is 0.106 e. The first kappa shape index (κ1) is 19.4. The van der Waals surface area contributed by atoms with Crippen LogP contribution in [0.1, 0.15) is 74.1 Å². The summed E-state index contributed by atoms with van der Waals surface area (Å²) in [6, 6.07) is 0. The highest BCUT2D eigenvalue weighted by atomic mass is 31.1. The molecule has 0 aliphatic rings. The molecule has 0 amide bonds. The van der Waals surface area contributed by atoms with Crippen LogP contribution < -0.4 is 0 Å². The monoisotopic (exact) mass is 286 g/mol. The quantitative estimate of drug-likeness (QED) is 0.295. The van der Waals surface area contributed by atoms with Gasteiger partial charge in [-0.2, -0.15) is 0 Å². The van der Waals surface area contributed by atoms with Crippen molar-refractivity contribution in [3.8, 4) is 0 Å². The van der Waals surface area contributed by atoms with Crippen LogP contribution in [0.2, 0.25) is 0 Å². The summed E-state index contributed by atoms with van der Waals surface area (Å²) in [5.41, 5.74) is 0. The second kappa shape index (κ2) is 11.1. The summed E-state index contributed by atoms with van der Waals surface area (Å²) in [7, 11) is 0.279. The van der Waals surface area contributed by atoms with E-state index in [1.165, 1.54) is 44.2 Å². The highest BCUT2D eigenvalue weighted by molar-refractivity contribution is 7.57. The second-order valence-electron chi connectivity index (χ2n) is 7.26. The van der Waals surface area contributed by atoms with Crippen LogP contribution in [0.15, 0.2) is 0 Å². The predicted octanol–water partition coefficient (Wildman–Crippen LogP) is 6.63. The lowest BCUT2D eigenvalue weighted by Crippen LogP contribution is -2.15. The summed E-state index contributed by atoms with van der Waals surface area (Å²) in [4.78, 5) is 0. The molecule has 0 saturated carbocycles. The Balaban J connectivity index is 4.21. The molecular formula is C18H39P. The van der Waals surface area contributed by atoms with Gasteiger partial charge in [-0.1, -0.05) is 67.7 Å². The van der Waals surface area contributed by atoms with E-state index in [1.54, 1.807) is 0 Å². The van der Waals surface area contributed by atoms with Crippen LogP contribution >= 0.6 is 7.92 Å². The first-order valence-electron chi connectivity index (χ1n) is 8.60. The Morgan fingerprint density at radius 3 is 1.53 bits per heavy atom. The molecule has 2 atom stereocenters. The molecule has 1 heteroatoms. The van der Waals surface area contributed by atoms with Gasteiger partial charge in [0.05, 0.1) is 0 Å². The predicted molar refractivity (Wildman–Crippen MR) is 93.7 cm³/mol. The molecular weight excluding hydrogens is 247 g/mol. The maximum absolute atomic E-state index is 2.46. The van der Waals surface area contributed by atoms with Crippen LogP contribution in [0.25, 0.3) is 0 Å². The van der Waals surface area contributed by atoms with Gasteiger partial charge in [0.2, 0.25) is 0 Å². The van der Waals surface area contributed by atoms with E-state index >= 15 is 0 Å². The molecule has 0 spiro atoms. The zero-order valence-electron chi connectivity index (χ0n) is 14.7. The third kappa shape index (κ3) is 9.89. The van der Waals surface area contributed by atoms with Crippen LogP contribution in [-0.4, -0.2) is 18.5 Å². The Morgan fingerprint density at radius 2 is 1.16 bits per heavy atom. The van der Waals surface area contributed by atoms with E-state index < -0.39 is 0 Å². The van der Waals surface area contributed by atoms with Crippen LogP contribution in [0, 0.1) is 23.7 Å². The number of unbranched alkanes of at least 4 members (excludes halogenated alkanes) is 3. The van der Waals surface area contributed by atoms with E-state index in [0.29, 0.717) is 0 Å². The van der Waals surface area contributed by atoms with Gasteiger partial charge < -0.3 is 0 Å². The summed E-state index contributed by atoms with van der Waals surface area (Å²) in [5.74, 6) is 3.54. The zero-order valence-corrected chi connectivity index (χ0v) is 15.6. The smallest absolute Gasteiger partial charge is 0.0297 e. The van der Waals surface area contributed by atoms with Crippen molar-refractivity contribution in [2.24, 2.45) is 23.7 Å². The third-order valence-electron chi connectivity index (χ3n) is 4.70. The van der Waals surface area contributed by atoms with Gasteiger partial charge in [0, 0.05) is 0 Å². The fourth-order valence-corrected chi connectivity index (χ4v) is 5.91. The van der Waals surface area contributed by atoms with Crippen molar-refractivity contribution >= 4 is 7.92 Å². The fraction of sp³-hybridized carbons (Fsp3) is 1.00. The Labute approximate surface area is 124 Å². The molecule has 19 heavy (non-hydrogen) atoms.